The summed E-state index contributed by atoms with van der Waals surface area (Å²) in [6.07, 6.45) is 0. The molecular weight excluding hydrogens is 295 g/mol. The summed E-state index contributed by atoms with van der Waals surface area (Å²) in [5, 5.41) is 4.07. The normalized spacial score (nSPS) is 11.8. The Labute approximate surface area is 131 Å². The minimum absolute atomic E-state index is 0.0565. The standard InChI is InChI=1S/C15H22Cl2N2O/c1-10(2)19(14(20)15(3,4)18-5)9-11-6-7-12(16)13(17)8-11/h6-8,10,18H,9H2,1-5H3. The number of nitrogens with zero attached hydrogens (tertiary/aromatic N) is 1. The molecule has 0 aliphatic heterocycles. The van der Waals surface area contributed by atoms with Gasteiger partial charge in [-0.2, -0.15) is 0 Å². The highest BCUT2D eigenvalue weighted by molar-refractivity contribution is 6.42. The van der Waals surface area contributed by atoms with E-state index in [9.17, 15) is 4.79 Å². The molecule has 0 unspecified atom stereocenters. The molecule has 112 valence electrons. The van der Waals surface area contributed by atoms with E-state index in [1.54, 1.807) is 19.2 Å². The fourth-order valence-corrected chi connectivity index (χ4v) is 2.11. The van der Waals surface area contributed by atoms with Gasteiger partial charge in [0.2, 0.25) is 5.91 Å². The molecule has 1 aromatic carbocycles. The van der Waals surface area contributed by atoms with Crippen molar-refractivity contribution in [3.8, 4) is 0 Å². The third-order valence-electron chi connectivity index (χ3n) is 3.38. The lowest BCUT2D eigenvalue weighted by Gasteiger charge is -2.34. The summed E-state index contributed by atoms with van der Waals surface area (Å²) in [6, 6.07) is 5.55. The Hall–Kier alpha value is -0.770. The quantitative estimate of drug-likeness (QED) is 0.897. The van der Waals surface area contributed by atoms with Crippen molar-refractivity contribution in [2.24, 2.45) is 0 Å². The molecule has 1 rings (SSSR count). The minimum Gasteiger partial charge on any atom is -0.334 e. The maximum atomic E-state index is 12.6. The van der Waals surface area contributed by atoms with Crippen LogP contribution in [0.25, 0.3) is 0 Å². The molecule has 0 radical (unpaired) electrons. The third kappa shape index (κ3) is 4.11. The first kappa shape index (κ1) is 17.3. The summed E-state index contributed by atoms with van der Waals surface area (Å²) in [6.45, 7) is 8.26. The largest absolute Gasteiger partial charge is 0.334 e. The van der Waals surface area contributed by atoms with Crippen LogP contribution in [0.5, 0.6) is 0 Å². The molecule has 0 spiro atoms. The van der Waals surface area contributed by atoms with E-state index < -0.39 is 5.54 Å². The predicted octanol–water partition coefficient (Wildman–Crippen LogP) is 3.73. The Morgan fingerprint density at radius 1 is 1.30 bits per heavy atom. The smallest absolute Gasteiger partial charge is 0.242 e. The summed E-state index contributed by atoms with van der Waals surface area (Å²) >= 11 is 11.9. The number of benzene rings is 1. The van der Waals surface area contributed by atoms with Gasteiger partial charge in [-0.05, 0) is 52.4 Å². The Balaban J connectivity index is 2.98. The van der Waals surface area contributed by atoms with Crippen LogP contribution in [0, 0.1) is 0 Å². The molecule has 0 aromatic heterocycles. The lowest BCUT2D eigenvalue weighted by molar-refractivity contribution is -0.139. The maximum Gasteiger partial charge on any atom is 0.242 e. The molecule has 1 aromatic rings. The van der Waals surface area contributed by atoms with E-state index in [0.717, 1.165) is 5.56 Å². The minimum atomic E-state index is -0.597. The van der Waals surface area contributed by atoms with Gasteiger partial charge in [-0.3, -0.25) is 4.79 Å². The number of rotatable bonds is 5. The molecule has 0 heterocycles. The van der Waals surface area contributed by atoms with E-state index >= 15 is 0 Å². The number of nitrogens with one attached hydrogen (secondary N) is 1. The van der Waals surface area contributed by atoms with E-state index in [1.165, 1.54) is 0 Å². The van der Waals surface area contributed by atoms with Gasteiger partial charge in [0.15, 0.2) is 0 Å². The maximum absolute atomic E-state index is 12.6. The highest BCUT2D eigenvalue weighted by atomic mass is 35.5. The molecule has 1 amide bonds. The van der Waals surface area contributed by atoms with Gasteiger partial charge in [0, 0.05) is 12.6 Å². The Morgan fingerprint density at radius 2 is 1.90 bits per heavy atom. The van der Waals surface area contributed by atoms with Crippen molar-refractivity contribution in [2.75, 3.05) is 7.05 Å². The van der Waals surface area contributed by atoms with Crippen LogP contribution in [0.3, 0.4) is 0 Å². The van der Waals surface area contributed by atoms with Crippen LogP contribution in [0.1, 0.15) is 33.3 Å². The monoisotopic (exact) mass is 316 g/mol. The zero-order chi connectivity index (χ0) is 15.5. The predicted molar refractivity (Wildman–Crippen MR) is 85.3 cm³/mol. The molecule has 1 N–H and O–H groups in total. The van der Waals surface area contributed by atoms with Gasteiger partial charge in [-0.15, -0.1) is 0 Å². The Bertz CT molecular complexity index is 487. The number of hydrogen-bond acceptors (Lipinski definition) is 2. The summed E-state index contributed by atoms with van der Waals surface area (Å²) in [4.78, 5) is 14.4. The van der Waals surface area contributed by atoms with Crippen LogP contribution < -0.4 is 5.32 Å². The molecule has 0 aliphatic rings. The van der Waals surface area contributed by atoms with E-state index in [2.05, 4.69) is 5.32 Å². The van der Waals surface area contributed by atoms with E-state index in [0.29, 0.717) is 16.6 Å². The summed E-state index contributed by atoms with van der Waals surface area (Å²) in [5.74, 6) is 0.0565. The average molecular weight is 317 g/mol. The number of halogens is 2. The van der Waals surface area contributed by atoms with Crippen LogP contribution in [0.15, 0.2) is 18.2 Å². The molecule has 0 fully saturated rings. The first-order valence-corrected chi connectivity index (χ1v) is 7.38. The van der Waals surface area contributed by atoms with E-state index in [-0.39, 0.29) is 11.9 Å². The number of amides is 1. The van der Waals surface area contributed by atoms with Gasteiger partial charge >= 0.3 is 0 Å². The Morgan fingerprint density at radius 3 is 2.35 bits per heavy atom. The van der Waals surface area contributed by atoms with Crippen molar-refractivity contribution >= 4 is 29.1 Å². The van der Waals surface area contributed by atoms with Crippen LogP contribution >= 0.6 is 23.2 Å². The van der Waals surface area contributed by atoms with Crippen molar-refractivity contribution in [2.45, 2.75) is 45.8 Å². The van der Waals surface area contributed by atoms with Crippen molar-refractivity contribution < 1.29 is 4.79 Å². The van der Waals surface area contributed by atoms with Gasteiger partial charge in [0.25, 0.3) is 0 Å². The number of carbonyl (C=O) groups is 1. The topological polar surface area (TPSA) is 32.3 Å². The second-order valence-corrected chi connectivity index (χ2v) is 6.46. The van der Waals surface area contributed by atoms with Crippen molar-refractivity contribution in [1.29, 1.82) is 0 Å². The van der Waals surface area contributed by atoms with E-state index in [4.69, 9.17) is 23.2 Å². The number of carbonyl (C=O) groups excluding carboxylic acids is 1. The molecule has 3 nitrogen and oxygen atoms in total. The molecule has 0 saturated heterocycles. The first-order valence-electron chi connectivity index (χ1n) is 6.63. The van der Waals surface area contributed by atoms with Gasteiger partial charge in [-0.1, -0.05) is 29.3 Å². The average Bonchev–Trinajstić information content (AvgIpc) is 2.38. The highest BCUT2D eigenvalue weighted by Crippen LogP contribution is 2.24. The lowest BCUT2D eigenvalue weighted by Crippen LogP contribution is -2.54. The van der Waals surface area contributed by atoms with Gasteiger partial charge in [0.1, 0.15) is 0 Å². The molecule has 20 heavy (non-hydrogen) atoms. The zero-order valence-corrected chi connectivity index (χ0v) is 14.1. The summed E-state index contributed by atoms with van der Waals surface area (Å²) < 4.78 is 0. The van der Waals surface area contributed by atoms with Gasteiger partial charge in [0.05, 0.1) is 15.6 Å². The van der Waals surface area contributed by atoms with E-state index in [1.807, 2.05) is 38.7 Å². The molecule has 0 saturated carbocycles. The lowest BCUT2D eigenvalue weighted by atomic mass is 10.0. The first-order chi connectivity index (χ1) is 9.19. The second kappa shape index (κ2) is 6.79. The third-order valence-corrected chi connectivity index (χ3v) is 4.12. The molecule has 5 heteroatoms. The zero-order valence-electron chi connectivity index (χ0n) is 12.6. The summed E-state index contributed by atoms with van der Waals surface area (Å²) in [5.41, 5.74) is 0.369. The van der Waals surface area contributed by atoms with Crippen molar-refractivity contribution in [3.05, 3.63) is 33.8 Å². The van der Waals surface area contributed by atoms with Crippen LogP contribution in [0.4, 0.5) is 0 Å². The highest BCUT2D eigenvalue weighted by Gasteiger charge is 2.31. The fraction of sp³-hybridized carbons (Fsp3) is 0.533. The fourth-order valence-electron chi connectivity index (χ4n) is 1.79. The second-order valence-electron chi connectivity index (χ2n) is 5.65. The molecule has 0 aliphatic carbocycles. The molecular formula is C15H22Cl2N2O. The van der Waals surface area contributed by atoms with Crippen molar-refractivity contribution in [1.82, 2.24) is 10.2 Å². The SMILES string of the molecule is CNC(C)(C)C(=O)N(Cc1ccc(Cl)c(Cl)c1)C(C)C. The molecule has 0 bridgehead atoms. The number of likely N-dealkylation sites (N-methyl/N-ethyl adjacent to an activating group) is 1. The number of hydrogen-bond donors (Lipinski definition) is 1. The van der Waals surface area contributed by atoms with Crippen LogP contribution in [-0.4, -0.2) is 29.4 Å². The summed E-state index contributed by atoms with van der Waals surface area (Å²) in [7, 11) is 1.79. The van der Waals surface area contributed by atoms with Gasteiger partial charge in [-0.25, -0.2) is 0 Å². The molecule has 0 atom stereocenters. The van der Waals surface area contributed by atoms with Crippen LogP contribution in [-0.2, 0) is 11.3 Å². The van der Waals surface area contributed by atoms with Crippen LogP contribution in [0.2, 0.25) is 10.0 Å². The van der Waals surface area contributed by atoms with Crippen molar-refractivity contribution in [3.63, 3.8) is 0 Å². The Kier molecular flexibility index (Phi) is 5.87. The van der Waals surface area contributed by atoms with Gasteiger partial charge < -0.3 is 10.2 Å².